The van der Waals surface area contributed by atoms with Crippen LogP contribution in [0.3, 0.4) is 0 Å². The van der Waals surface area contributed by atoms with Crippen molar-refractivity contribution >= 4 is 34.7 Å². The number of halogens is 1. The van der Waals surface area contributed by atoms with Gasteiger partial charge in [0, 0.05) is 33.1 Å². The number of phenolic OH excluding ortho intramolecular Hbond substituents is 1. The number of carbonyl (C=O) groups excluding carboxylic acids is 4. The number of nitrogens with zero attached hydrogens (tertiary/aromatic N) is 1. The molecule has 1 aromatic carbocycles. The number of likely N-dealkylation sites (tertiary alicyclic amines) is 1. The third-order valence-electron chi connectivity index (χ3n) is 7.88. The summed E-state index contributed by atoms with van der Waals surface area (Å²) in [4.78, 5) is 55.6. The summed E-state index contributed by atoms with van der Waals surface area (Å²) in [5.41, 5.74) is 1.67. The van der Waals surface area contributed by atoms with Gasteiger partial charge in [-0.1, -0.05) is 29.8 Å². The predicted octanol–water partition coefficient (Wildman–Crippen LogP) is 4.22. The Balaban J connectivity index is 1.48. The molecular formula is C28H22FNO5S. The third kappa shape index (κ3) is 3.20. The van der Waals surface area contributed by atoms with E-state index < -0.39 is 35.2 Å². The molecule has 6 nitrogen and oxygen atoms in total. The van der Waals surface area contributed by atoms with Gasteiger partial charge >= 0.3 is 0 Å². The van der Waals surface area contributed by atoms with Gasteiger partial charge in [0.05, 0.1) is 18.4 Å². The molecule has 0 saturated carbocycles. The standard InChI is InChI=1S/C28H22FNO5S/c1-13-10-21(31)24-19(25(13)32)11-18-15(22(24)16-5-2-6-20(29)26(16)33)7-8-17-23(18)28(35)30(27(17)34)12-14-4-3-9-36-14/h2-7,9-10,17-18,22-23,33H,8,11-12H2,1H3. The molecule has 8 heteroatoms. The summed E-state index contributed by atoms with van der Waals surface area (Å²) in [5, 5.41) is 12.5. The summed E-state index contributed by atoms with van der Waals surface area (Å²) in [5.74, 6) is -5.21. The summed E-state index contributed by atoms with van der Waals surface area (Å²) >= 11 is 1.47. The summed E-state index contributed by atoms with van der Waals surface area (Å²) < 4.78 is 14.4. The SMILES string of the molecule is CC1=CC(=O)C2=C(CC3C(=CCC4C(=O)N(Cc5cccs5)C(=O)C43)C2c2cccc(F)c2O)C1=O. The Bertz CT molecular complexity index is 1450. The summed E-state index contributed by atoms with van der Waals surface area (Å²) in [6.45, 7) is 1.77. The van der Waals surface area contributed by atoms with Crippen molar-refractivity contribution in [2.75, 3.05) is 0 Å². The number of amides is 2. The topological polar surface area (TPSA) is 91.8 Å². The Morgan fingerprint density at radius 3 is 2.64 bits per heavy atom. The Kier molecular flexibility index (Phi) is 5.19. The van der Waals surface area contributed by atoms with Gasteiger partial charge in [0.15, 0.2) is 23.1 Å². The first-order chi connectivity index (χ1) is 17.3. The normalized spacial score (nSPS) is 27.6. The van der Waals surface area contributed by atoms with Crippen LogP contribution in [0.1, 0.15) is 36.1 Å². The van der Waals surface area contributed by atoms with Crippen molar-refractivity contribution in [3.63, 3.8) is 0 Å². The van der Waals surface area contributed by atoms with Gasteiger partial charge in [-0.3, -0.25) is 24.1 Å². The van der Waals surface area contributed by atoms with Gasteiger partial charge in [-0.2, -0.15) is 0 Å². The molecule has 3 aliphatic carbocycles. The number of phenols is 1. The lowest BCUT2D eigenvalue weighted by Crippen LogP contribution is -2.39. The summed E-state index contributed by atoms with van der Waals surface area (Å²) in [7, 11) is 0. The number of fused-ring (bicyclic) bond motifs is 3. The maximum atomic E-state index is 14.4. The molecule has 182 valence electrons. The highest BCUT2D eigenvalue weighted by molar-refractivity contribution is 7.09. The zero-order valence-electron chi connectivity index (χ0n) is 19.4. The first-order valence-corrected chi connectivity index (χ1v) is 12.7. The van der Waals surface area contributed by atoms with Crippen LogP contribution in [0, 0.1) is 23.6 Å². The van der Waals surface area contributed by atoms with Crippen LogP contribution < -0.4 is 0 Å². The van der Waals surface area contributed by atoms with Gasteiger partial charge in [0.2, 0.25) is 11.8 Å². The number of benzene rings is 1. The second-order valence-electron chi connectivity index (χ2n) is 9.75. The average molecular weight is 504 g/mol. The Labute approximate surface area is 210 Å². The highest BCUT2D eigenvalue weighted by Crippen LogP contribution is 2.56. The number of hydrogen-bond acceptors (Lipinski definition) is 6. The van der Waals surface area contributed by atoms with Gasteiger partial charge in [-0.05, 0) is 49.3 Å². The smallest absolute Gasteiger partial charge is 0.234 e. The monoisotopic (exact) mass is 503 g/mol. The number of allylic oxidation sites excluding steroid dienone is 6. The number of thiophene rings is 1. The quantitative estimate of drug-likeness (QED) is 0.385. The molecule has 1 aliphatic heterocycles. The van der Waals surface area contributed by atoms with Crippen LogP contribution in [0.4, 0.5) is 4.39 Å². The van der Waals surface area contributed by atoms with E-state index in [0.717, 1.165) is 10.9 Å². The number of hydrogen-bond donors (Lipinski definition) is 1. The second-order valence-corrected chi connectivity index (χ2v) is 10.8. The molecule has 1 aromatic heterocycles. The van der Waals surface area contributed by atoms with Crippen molar-refractivity contribution in [2.24, 2.45) is 17.8 Å². The molecular weight excluding hydrogens is 481 g/mol. The lowest BCUT2D eigenvalue weighted by molar-refractivity contribution is -0.140. The Morgan fingerprint density at radius 1 is 1.08 bits per heavy atom. The van der Waals surface area contributed by atoms with Crippen molar-refractivity contribution in [3.05, 3.63) is 86.4 Å². The highest BCUT2D eigenvalue weighted by Gasteiger charge is 2.56. The molecule has 1 N–H and O–H groups in total. The molecule has 36 heavy (non-hydrogen) atoms. The molecule has 0 radical (unpaired) electrons. The fourth-order valence-electron chi connectivity index (χ4n) is 6.28. The van der Waals surface area contributed by atoms with E-state index in [0.29, 0.717) is 17.6 Å². The first-order valence-electron chi connectivity index (χ1n) is 11.8. The zero-order chi connectivity index (χ0) is 25.3. The minimum Gasteiger partial charge on any atom is -0.505 e. The molecule has 1 fully saturated rings. The number of Topliss-reactive ketones (excluding diaryl/α,β-unsaturated/α-hetero) is 1. The molecule has 2 heterocycles. The predicted molar refractivity (Wildman–Crippen MR) is 129 cm³/mol. The Morgan fingerprint density at radius 2 is 1.89 bits per heavy atom. The first kappa shape index (κ1) is 22.8. The lowest BCUT2D eigenvalue weighted by atomic mass is 9.59. The highest BCUT2D eigenvalue weighted by atomic mass is 32.1. The van der Waals surface area contributed by atoms with Gasteiger partial charge in [0.25, 0.3) is 0 Å². The number of aromatic hydroxyl groups is 1. The summed E-state index contributed by atoms with van der Waals surface area (Å²) in [6, 6.07) is 7.85. The van der Waals surface area contributed by atoms with E-state index in [9.17, 15) is 28.7 Å². The molecule has 4 unspecified atom stereocenters. The summed E-state index contributed by atoms with van der Waals surface area (Å²) in [6.07, 6.45) is 3.59. The van der Waals surface area contributed by atoms with Gasteiger partial charge < -0.3 is 5.11 Å². The van der Waals surface area contributed by atoms with Gasteiger partial charge in [-0.15, -0.1) is 11.3 Å². The lowest BCUT2D eigenvalue weighted by Gasteiger charge is -2.42. The van der Waals surface area contributed by atoms with Crippen molar-refractivity contribution < 1.29 is 28.7 Å². The minimum absolute atomic E-state index is 0.149. The molecule has 4 aliphatic rings. The van der Waals surface area contributed by atoms with E-state index in [1.165, 1.54) is 34.4 Å². The molecule has 0 bridgehead atoms. The van der Waals surface area contributed by atoms with Crippen LogP contribution >= 0.6 is 11.3 Å². The number of imide groups is 1. The van der Waals surface area contributed by atoms with Crippen LogP contribution in [0.25, 0.3) is 0 Å². The van der Waals surface area contributed by atoms with Gasteiger partial charge in [-0.25, -0.2) is 4.39 Å². The zero-order valence-corrected chi connectivity index (χ0v) is 20.2. The van der Waals surface area contributed by atoms with Crippen molar-refractivity contribution in [3.8, 4) is 5.75 Å². The maximum Gasteiger partial charge on any atom is 0.234 e. The van der Waals surface area contributed by atoms with Crippen LogP contribution in [0.15, 0.2) is 70.2 Å². The molecule has 6 rings (SSSR count). The number of carbonyl (C=O) groups is 4. The largest absolute Gasteiger partial charge is 0.505 e. The van der Waals surface area contributed by atoms with Crippen LogP contribution in [-0.2, 0) is 25.7 Å². The second kappa shape index (κ2) is 8.20. The Hall–Kier alpha value is -3.65. The number of para-hydroxylation sites is 1. The fourth-order valence-corrected chi connectivity index (χ4v) is 6.97. The third-order valence-corrected chi connectivity index (χ3v) is 8.74. The van der Waals surface area contributed by atoms with E-state index in [2.05, 4.69) is 0 Å². The van der Waals surface area contributed by atoms with Crippen molar-refractivity contribution in [1.29, 1.82) is 0 Å². The van der Waals surface area contributed by atoms with Crippen molar-refractivity contribution in [1.82, 2.24) is 4.90 Å². The van der Waals surface area contributed by atoms with Gasteiger partial charge in [0.1, 0.15) is 0 Å². The van der Waals surface area contributed by atoms with Crippen LogP contribution in [0.2, 0.25) is 0 Å². The van der Waals surface area contributed by atoms with E-state index in [1.54, 1.807) is 6.92 Å². The van der Waals surface area contributed by atoms with E-state index in [1.807, 2.05) is 23.6 Å². The van der Waals surface area contributed by atoms with E-state index in [-0.39, 0.29) is 53.1 Å². The van der Waals surface area contributed by atoms with E-state index >= 15 is 0 Å². The molecule has 2 aromatic rings. The van der Waals surface area contributed by atoms with E-state index in [4.69, 9.17) is 0 Å². The number of ketones is 2. The minimum atomic E-state index is -0.870. The van der Waals surface area contributed by atoms with Crippen LogP contribution in [-0.4, -0.2) is 33.4 Å². The van der Waals surface area contributed by atoms with Crippen molar-refractivity contribution in [2.45, 2.75) is 32.2 Å². The molecule has 0 spiro atoms. The average Bonchev–Trinajstić information content (AvgIpc) is 3.46. The number of rotatable bonds is 3. The molecule has 4 atom stereocenters. The van der Waals surface area contributed by atoms with Crippen LogP contribution in [0.5, 0.6) is 5.75 Å². The maximum absolute atomic E-state index is 14.4. The molecule has 1 saturated heterocycles. The molecule has 2 amide bonds. The fraction of sp³-hybridized carbons (Fsp3) is 0.286.